The van der Waals surface area contributed by atoms with E-state index in [1.807, 2.05) is 0 Å². The molecule has 1 amide bonds. The molecule has 1 aliphatic carbocycles. The van der Waals surface area contributed by atoms with Crippen LogP contribution in [0.2, 0.25) is 0 Å². The second-order valence-corrected chi connectivity index (χ2v) is 3.75. The molecule has 2 N–H and O–H groups in total. The SMILES string of the molecule is O=C(CCNCc1ccno1)NC1CC1. The molecule has 0 atom stereocenters. The van der Waals surface area contributed by atoms with Crippen molar-refractivity contribution in [1.82, 2.24) is 15.8 Å². The van der Waals surface area contributed by atoms with Crippen LogP contribution in [0.1, 0.15) is 25.0 Å². The lowest BCUT2D eigenvalue weighted by molar-refractivity contribution is -0.121. The van der Waals surface area contributed by atoms with E-state index in [0.29, 0.717) is 25.6 Å². The fraction of sp³-hybridized carbons (Fsp3) is 0.600. The van der Waals surface area contributed by atoms with E-state index in [1.165, 1.54) is 0 Å². The molecule has 0 radical (unpaired) electrons. The molecule has 1 aromatic rings. The topological polar surface area (TPSA) is 67.2 Å². The molecule has 0 saturated heterocycles. The third kappa shape index (κ3) is 3.71. The molecule has 5 heteroatoms. The Morgan fingerprint density at radius 2 is 2.47 bits per heavy atom. The Kier molecular flexibility index (Phi) is 3.34. The largest absolute Gasteiger partial charge is 0.360 e. The molecule has 1 aliphatic rings. The van der Waals surface area contributed by atoms with E-state index in [4.69, 9.17) is 4.52 Å². The minimum absolute atomic E-state index is 0.127. The van der Waals surface area contributed by atoms with E-state index in [9.17, 15) is 4.79 Å². The first-order valence-electron chi connectivity index (χ1n) is 5.24. The summed E-state index contributed by atoms with van der Waals surface area (Å²) in [6, 6.07) is 2.25. The van der Waals surface area contributed by atoms with Gasteiger partial charge in [0.25, 0.3) is 0 Å². The number of carbonyl (C=O) groups excluding carboxylic acids is 1. The first-order chi connectivity index (χ1) is 7.34. The zero-order valence-corrected chi connectivity index (χ0v) is 8.53. The van der Waals surface area contributed by atoms with E-state index < -0.39 is 0 Å². The summed E-state index contributed by atoms with van der Waals surface area (Å²) in [7, 11) is 0. The van der Waals surface area contributed by atoms with Crippen molar-refractivity contribution in [2.75, 3.05) is 6.54 Å². The van der Waals surface area contributed by atoms with Crippen molar-refractivity contribution in [3.05, 3.63) is 18.0 Å². The summed E-state index contributed by atoms with van der Waals surface area (Å²) in [5, 5.41) is 9.64. The third-order valence-corrected chi connectivity index (χ3v) is 2.26. The van der Waals surface area contributed by atoms with Crippen molar-refractivity contribution < 1.29 is 9.32 Å². The fourth-order valence-electron chi connectivity index (χ4n) is 1.27. The summed E-state index contributed by atoms with van der Waals surface area (Å²) in [6.07, 6.45) is 4.40. The Morgan fingerprint density at radius 1 is 1.60 bits per heavy atom. The third-order valence-electron chi connectivity index (χ3n) is 2.26. The summed E-state index contributed by atoms with van der Waals surface area (Å²) < 4.78 is 4.90. The summed E-state index contributed by atoms with van der Waals surface area (Å²) in [6.45, 7) is 1.29. The van der Waals surface area contributed by atoms with Gasteiger partial charge in [0.2, 0.25) is 5.91 Å². The van der Waals surface area contributed by atoms with Gasteiger partial charge in [-0.05, 0) is 12.8 Å². The van der Waals surface area contributed by atoms with Gasteiger partial charge in [-0.3, -0.25) is 4.79 Å². The highest BCUT2D eigenvalue weighted by Crippen LogP contribution is 2.18. The minimum Gasteiger partial charge on any atom is -0.360 e. The van der Waals surface area contributed by atoms with Gasteiger partial charge >= 0.3 is 0 Å². The fourth-order valence-corrected chi connectivity index (χ4v) is 1.27. The smallest absolute Gasteiger partial charge is 0.221 e. The molecule has 0 spiro atoms. The lowest BCUT2D eigenvalue weighted by Crippen LogP contribution is -2.28. The van der Waals surface area contributed by atoms with Crippen LogP contribution < -0.4 is 10.6 Å². The summed E-state index contributed by atoms with van der Waals surface area (Å²) in [4.78, 5) is 11.3. The molecule has 2 rings (SSSR count). The molecule has 1 saturated carbocycles. The number of carbonyl (C=O) groups is 1. The minimum atomic E-state index is 0.127. The van der Waals surface area contributed by atoms with Crippen molar-refractivity contribution in [2.45, 2.75) is 31.8 Å². The number of hydrogen-bond acceptors (Lipinski definition) is 4. The number of aromatic nitrogens is 1. The van der Waals surface area contributed by atoms with Crippen LogP contribution in [-0.2, 0) is 11.3 Å². The Hall–Kier alpha value is -1.36. The van der Waals surface area contributed by atoms with Gasteiger partial charge in [-0.15, -0.1) is 0 Å². The summed E-state index contributed by atoms with van der Waals surface area (Å²) in [5.74, 6) is 0.917. The van der Waals surface area contributed by atoms with Gasteiger partial charge < -0.3 is 15.2 Å². The number of amides is 1. The van der Waals surface area contributed by atoms with Crippen LogP contribution in [0.3, 0.4) is 0 Å². The summed E-state index contributed by atoms with van der Waals surface area (Å²) >= 11 is 0. The zero-order valence-electron chi connectivity index (χ0n) is 8.53. The zero-order chi connectivity index (χ0) is 10.5. The molecule has 5 nitrogen and oxygen atoms in total. The van der Waals surface area contributed by atoms with Crippen LogP contribution >= 0.6 is 0 Å². The van der Waals surface area contributed by atoms with E-state index >= 15 is 0 Å². The van der Waals surface area contributed by atoms with Crippen LogP contribution in [0, 0.1) is 0 Å². The first-order valence-corrected chi connectivity index (χ1v) is 5.24. The molecule has 0 unspecified atom stereocenters. The monoisotopic (exact) mass is 209 g/mol. The maximum Gasteiger partial charge on any atom is 0.221 e. The predicted molar refractivity (Wildman–Crippen MR) is 54.0 cm³/mol. The van der Waals surface area contributed by atoms with Gasteiger partial charge in [-0.25, -0.2) is 0 Å². The van der Waals surface area contributed by atoms with Gasteiger partial charge in [0.05, 0.1) is 12.7 Å². The molecule has 1 heterocycles. The molecule has 0 aliphatic heterocycles. The molecule has 15 heavy (non-hydrogen) atoms. The molecule has 1 fully saturated rings. The molecule has 0 aromatic carbocycles. The highest BCUT2D eigenvalue weighted by atomic mass is 16.5. The van der Waals surface area contributed by atoms with Crippen LogP contribution in [0.4, 0.5) is 0 Å². The maximum atomic E-state index is 11.3. The van der Waals surface area contributed by atoms with Crippen LogP contribution in [0.25, 0.3) is 0 Å². The Morgan fingerprint density at radius 3 is 3.13 bits per heavy atom. The van der Waals surface area contributed by atoms with E-state index in [-0.39, 0.29) is 5.91 Å². The Labute approximate surface area is 88.2 Å². The highest BCUT2D eigenvalue weighted by Gasteiger charge is 2.22. The van der Waals surface area contributed by atoms with E-state index in [2.05, 4.69) is 15.8 Å². The molecular weight excluding hydrogens is 194 g/mol. The molecule has 82 valence electrons. The van der Waals surface area contributed by atoms with E-state index in [0.717, 1.165) is 18.6 Å². The van der Waals surface area contributed by atoms with Crippen LogP contribution in [-0.4, -0.2) is 23.7 Å². The predicted octanol–water partition coefficient (Wildman–Crippen LogP) is 0.433. The number of nitrogens with zero attached hydrogens (tertiary/aromatic N) is 1. The van der Waals surface area contributed by atoms with Crippen molar-refractivity contribution >= 4 is 5.91 Å². The molecular formula is C10H15N3O2. The number of hydrogen-bond donors (Lipinski definition) is 2. The van der Waals surface area contributed by atoms with E-state index in [1.54, 1.807) is 12.3 Å². The van der Waals surface area contributed by atoms with Gasteiger partial charge in [0, 0.05) is 25.1 Å². The molecule has 1 aromatic heterocycles. The molecule has 0 bridgehead atoms. The normalized spacial score (nSPS) is 15.2. The van der Waals surface area contributed by atoms with Crippen LogP contribution in [0.15, 0.2) is 16.8 Å². The Bertz CT molecular complexity index is 306. The van der Waals surface area contributed by atoms with Gasteiger partial charge in [0.15, 0.2) is 0 Å². The first kappa shape index (κ1) is 10.2. The quantitative estimate of drug-likeness (QED) is 0.667. The average molecular weight is 209 g/mol. The van der Waals surface area contributed by atoms with Gasteiger partial charge in [-0.2, -0.15) is 0 Å². The standard InChI is InChI=1S/C10H15N3O2/c14-10(13-8-1-2-8)4-5-11-7-9-3-6-12-15-9/h3,6,8,11H,1-2,4-5,7H2,(H,13,14). The second kappa shape index (κ2) is 4.93. The van der Waals surface area contributed by atoms with Gasteiger partial charge in [-0.1, -0.05) is 5.16 Å². The lowest BCUT2D eigenvalue weighted by atomic mass is 10.3. The van der Waals surface area contributed by atoms with Crippen molar-refractivity contribution in [3.8, 4) is 0 Å². The van der Waals surface area contributed by atoms with Crippen LogP contribution in [0.5, 0.6) is 0 Å². The van der Waals surface area contributed by atoms with Crippen molar-refractivity contribution in [3.63, 3.8) is 0 Å². The van der Waals surface area contributed by atoms with Crippen molar-refractivity contribution in [1.29, 1.82) is 0 Å². The maximum absolute atomic E-state index is 11.3. The Balaban J connectivity index is 1.52. The lowest BCUT2D eigenvalue weighted by Gasteiger charge is -2.03. The van der Waals surface area contributed by atoms with Crippen molar-refractivity contribution in [2.24, 2.45) is 0 Å². The number of nitrogens with one attached hydrogen (secondary N) is 2. The summed E-state index contributed by atoms with van der Waals surface area (Å²) in [5.41, 5.74) is 0. The highest BCUT2D eigenvalue weighted by molar-refractivity contribution is 5.76. The average Bonchev–Trinajstić information content (AvgIpc) is 2.87. The van der Waals surface area contributed by atoms with Gasteiger partial charge in [0.1, 0.15) is 5.76 Å². The number of rotatable bonds is 6. The second-order valence-electron chi connectivity index (χ2n) is 3.75.